The van der Waals surface area contributed by atoms with Crippen molar-refractivity contribution in [2.24, 2.45) is 0 Å². The summed E-state index contributed by atoms with van der Waals surface area (Å²) in [6.07, 6.45) is 4.27. The Morgan fingerprint density at radius 1 is 1.16 bits per heavy atom. The fraction of sp³-hybridized carbons (Fsp3) is 0.318. The average molecular weight is 421 g/mol. The topological polar surface area (TPSA) is 114 Å². The molecule has 2 aliphatic heterocycles. The minimum absolute atomic E-state index is 0.0341. The Morgan fingerprint density at radius 2 is 1.84 bits per heavy atom. The average Bonchev–Trinajstić information content (AvgIpc) is 3.15. The van der Waals surface area contributed by atoms with Crippen LogP contribution in [0.2, 0.25) is 0 Å². The highest BCUT2D eigenvalue weighted by molar-refractivity contribution is 6.06. The molecular formula is C22H23N5O4. The fourth-order valence-electron chi connectivity index (χ4n) is 3.88. The van der Waals surface area contributed by atoms with Gasteiger partial charge in [0.05, 0.1) is 37.3 Å². The molecule has 160 valence electrons. The van der Waals surface area contributed by atoms with Crippen LogP contribution in [-0.4, -0.2) is 61.3 Å². The molecule has 2 aliphatic rings. The molecule has 9 nitrogen and oxygen atoms in total. The number of carbonyl (C=O) groups excluding carboxylic acids is 2. The number of nitriles is 1. The summed E-state index contributed by atoms with van der Waals surface area (Å²) < 4.78 is 11.7. The number of rotatable bonds is 4. The van der Waals surface area contributed by atoms with Crippen molar-refractivity contribution in [1.29, 1.82) is 5.26 Å². The third-order valence-electron chi connectivity index (χ3n) is 5.49. The number of nitrogens with two attached hydrogens (primary N) is 1. The number of hydrogen-bond acceptors (Lipinski definition) is 7. The monoisotopic (exact) mass is 421 g/mol. The number of nitrogen functional groups attached to an aromatic ring is 1. The molecular weight excluding hydrogens is 398 g/mol. The molecule has 0 radical (unpaired) electrons. The number of ether oxygens (including phenoxy) is 2. The maximum atomic E-state index is 13.1. The Hall–Kier alpha value is -3.77. The molecule has 31 heavy (non-hydrogen) atoms. The molecule has 1 aromatic carbocycles. The summed E-state index contributed by atoms with van der Waals surface area (Å²) in [4.78, 5) is 29.1. The van der Waals surface area contributed by atoms with Gasteiger partial charge in [0.2, 0.25) is 0 Å². The second-order valence-electron chi connectivity index (χ2n) is 7.23. The van der Waals surface area contributed by atoms with Crippen molar-refractivity contribution in [3.05, 3.63) is 53.5 Å². The normalized spacial score (nSPS) is 16.6. The lowest BCUT2D eigenvalue weighted by molar-refractivity contribution is -0.117. The lowest BCUT2D eigenvalue weighted by Crippen LogP contribution is -2.45. The molecule has 1 saturated heterocycles. The molecule has 0 spiro atoms. The van der Waals surface area contributed by atoms with Gasteiger partial charge in [-0.2, -0.15) is 5.26 Å². The van der Waals surface area contributed by atoms with Gasteiger partial charge in [-0.25, -0.2) is 4.79 Å². The molecule has 0 bridgehead atoms. The van der Waals surface area contributed by atoms with Crippen LogP contribution in [0.25, 0.3) is 5.69 Å². The van der Waals surface area contributed by atoms with E-state index in [2.05, 4.69) is 4.90 Å². The number of carbonyl (C=O) groups is 2. The number of amides is 1. The maximum Gasteiger partial charge on any atom is 0.357 e. The smallest absolute Gasteiger partial charge is 0.357 e. The molecule has 9 heteroatoms. The van der Waals surface area contributed by atoms with Crippen LogP contribution in [0, 0.1) is 11.3 Å². The van der Waals surface area contributed by atoms with Gasteiger partial charge in [0.1, 0.15) is 6.07 Å². The summed E-state index contributed by atoms with van der Waals surface area (Å²) in [6.45, 7) is 3.24. The van der Waals surface area contributed by atoms with Crippen LogP contribution in [0.5, 0.6) is 0 Å². The van der Waals surface area contributed by atoms with Gasteiger partial charge in [0, 0.05) is 37.2 Å². The van der Waals surface area contributed by atoms with Crippen molar-refractivity contribution in [1.82, 2.24) is 9.47 Å². The summed E-state index contributed by atoms with van der Waals surface area (Å²) in [5, 5.41) is 9.28. The highest BCUT2D eigenvalue weighted by Crippen LogP contribution is 2.28. The molecule has 0 aliphatic carbocycles. The lowest BCUT2D eigenvalue weighted by atomic mass is 10.1. The van der Waals surface area contributed by atoms with E-state index in [1.807, 2.05) is 24.3 Å². The van der Waals surface area contributed by atoms with E-state index >= 15 is 0 Å². The Bertz CT molecular complexity index is 1070. The van der Waals surface area contributed by atoms with Crippen LogP contribution < -0.4 is 10.6 Å². The van der Waals surface area contributed by atoms with Gasteiger partial charge in [0.25, 0.3) is 5.91 Å². The lowest BCUT2D eigenvalue weighted by Gasteiger charge is -2.35. The second-order valence-corrected chi connectivity index (χ2v) is 7.23. The highest BCUT2D eigenvalue weighted by atomic mass is 16.5. The van der Waals surface area contributed by atoms with E-state index in [-0.39, 0.29) is 22.9 Å². The molecule has 0 unspecified atom stereocenters. The first-order chi connectivity index (χ1) is 15.0. The van der Waals surface area contributed by atoms with Crippen molar-refractivity contribution in [2.45, 2.75) is 6.42 Å². The standard InChI is InChI=1S/C22H23N5O4/c1-30-22(29)20-19(24)15(13-23)14-27(20)17-6-4-16(5-7-17)26-8-2-3-18(21(26)28)25-9-11-31-12-10-25/h3-7,14H,2,8-12,24H2,1H3. The molecule has 0 saturated carbocycles. The summed E-state index contributed by atoms with van der Waals surface area (Å²) in [7, 11) is 1.26. The van der Waals surface area contributed by atoms with Gasteiger partial charge in [-0.1, -0.05) is 6.08 Å². The van der Waals surface area contributed by atoms with Gasteiger partial charge >= 0.3 is 5.97 Å². The Morgan fingerprint density at radius 3 is 2.48 bits per heavy atom. The summed E-state index contributed by atoms with van der Waals surface area (Å²) in [5.41, 5.74) is 8.42. The van der Waals surface area contributed by atoms with Crippen LogP contribution in [0.3, 0.4) is 0 Å². The third kappa shape index (κ3) is 3.73. The molecule has 4 rings (SSSR count). The number of esters is 1. The van der Waals surface area contributed by atoms with E-state index < -0.39 is 5.97 Å². The van der Waals surface area contributed by atoms with E-state index in [4.69, 9.17) is 15.2 Å². The van der Waals surface area contributed by atoms with Crippen molar-refractivity contribution in [3.8, 4) is 11.8 Å². The summed E-state index contributed by atoms with van der Waals surface area (Å²) in [5.74, 6) is -0.664. The number of morpholine rings is 1. The molecule has 2 N–H and O–H groups in total. The van der Waals surface area contributed by atoms with Crippen molar-refractivity contribution in [2.75, 3.05) is 50.6 Å². The number of hydrogen-bond donors (Lipinski definition) is 1. The van der Waals surface area contributed by atoms with Gasteiger partial charge in [-0.05, 0) is 30.7 Å². The fourth-order valence-corrected chi connectivity index (χ4v) is 3.88. The quantitative estimate of drug-likeness (QED) is 0.747. The molecule has 0 atom stereocenters. The number of aromatic nitrogens is 1. The Labute approximate surface area is 179 Å². The van der Waals surface area contributed by atoms with Crippen LogP contribution >= 0.6 is 0 Å². The van der Waals surface area contributed by atoms with Crippen molar-refractivity contribution < 1.29 is 19.1 Å². The van der Waals surface area contributed by atoms with E-state index in [1.54, 1.807) is 17.0 Å². The number of anilines is 2. The summed E-state index contributed by atoms with van der Waals surface area (Å²) in [6, 6.07) is 9.18. The van der Waals surface area contributed by atoms with Gasteiger partial charge in [-0.15, -0.1) is 0 Å². The van der Waals surface area contributed by atoms with Gasteiger partial charge < -0.3 is 29.6 Å². The third-order valence-corrected chi connectivity index (χ3v) is 5.49. The number of nitrogens with zero attached hydrogens (tertiary/aromatic N) is 4. The maximum absolute atomic E-state index is 13.1. The number of methoxy groups -OCH3 is 1. The largest absolute Gasteiger partial charge is 0.464 e. The van der Waals surface area contributed by atoms with Crippen LogP contribution in [0.4, 0.5) is 11.4 Å². The molecule has 1 fully saturated rings. The minimum atomic E-state index is -0.630. The van der Waals surface area contributed by atoms with E-state index in [9.17, 15) is 14.9 Å². The number of benzene rings is 1. The molecule has 2 aromatic rings. The van der Waals surface area contributed by atoms with Crippen molar-refractivity contribution >= 4 is 23.3 Å². The Kier molecular flexibility index (Phi) is 5.64. The molecule has 1 aromatic heterocycles. The SMILES string of the molecule is COC(=O)c1c(N)c(C#N)cn1-c1ccc(N2CCC=C(N3CCOCC3)C2=O)cc1. The molecule has 1 amide bonds. The highest BCUT2D eigenvalue weighted by Gasteiger charge is 2.28. The first-order valence-corrected chi connectivity index (χ1v) is 9.99. The first-order valence-electron chi connectivity index (χ1n) is 9.99. The Balaban J connectivity index is 1.61. The predicted octanol–water partition coefficient (Wildman–Crippen LogP) is 1.67. The van der Waals surface area contributed by atoms with E-state index in [1.165, 1.54) is 17.9 Å². The second kappa shape index (κ2) is 8.53. The first kappa shape index (κ1) is 20.5. The van der Waals surface area contributed by atoms with Crippen LogP contribution in [0.15, 0.2) is 42.2 Å². The molecule has 3 heterocycles. The minimum Gasteiger partial charge on any atom is -0.464 e. The van der Waals surface area contributed by atoms with Gasteiger partial charge in [0.15, 0.2) is 5.69 Å². The van der Waals surface area contributed by atoms with Crippen molar-refractivity contribution in [3.63, 3.8) is 0 Å². The van der Waals surface area contributed by atoms with Crippen LogP contribution in [-0.2, 0) is 14.3 Å². The predicted molar refractivity (Wildman–Crippen MR) is 114 cm³/mol. The van der Waals surface area contributed by atoms with E-state index in [0.717, 1.165) is 12.1 Å². The summed E-state index contributed by atoms with van der Waals surface area (Å²) >= 11 is 0. The van der Waals surface area contributed by atoms with E-state index in [0.29, 0.717) is 44.2 Å². The van der Waals surface area contributed by atoms with Gasteiger partial charge in [-0.3, -0.25) is 4.79 Å². The zero-order valence-electron chi connectivity index (χ0n) is 17.2. The zero-order valence-corrected chi connectivity index (χ0v) is 17.2. The zero-order chi connectivity index (χ0) is 22.0. The van der Waals surface area contributed by atoms with Crippen LogP contribution in [0.1, 0.15) is 22.5 Å².